The van der Waals surface area contributed by atoms with Crippen molar-refractivity contribution >= 4 is 17.9 Å². The monoisotopic (exact) mass is 1230 g/mol. The highest BCUT2D eigenvalue weighted by Gasteiger charge is 2.22. The summed E-state index contributed by atoms with van der Waals surface area (Å²) in [4.78, 5) is 37.6. The molecule has 0 amide bonds. The number of carbonyl (C=O) groups is 3. The quantitative estimate of drug-likeness (QED) is 0.0195. The van der Waals surface area contributed by atoms with Gasteiger partial charge in [-0.05, 0) is 51.4 Å². The molecule has 0 fully saturated rings. The first-order chi connectivity index (χ1) is 42.6. The number of rotatable bonds is 72. The Balaban J connectivity index is 4.02. The molecule has 2 atom stereocenters. The number of carboxylic acid groups (broad SMARTS) is 1. The number of nitrogens with zero attached hydrogens (tertiary/aromatic N) is 1. The summed E-state index contributed by atoms with van der Waals surface area (Å²) in [6.45, 7) is 4.81. The number of hydrogen-bond donors (Lipinski definition) is 0. The standard InChI is InChI=1S/C78H147NO8/c1-6-8-10-12-14-16-18-20-22-24-26-28-30-32-34-36-38-40-42-44-46-48-50-52-54-56-58-60-62-64-66-68-75(80)85-72-74(73-86-78(77(82)83)84-71-70-79(3,4)5)87-76(81)69-67-65-63-61-59-57-55-53-51-49-47-45-43-41-39-37-35-33-31-29-27-25-23-21-19-17-15-13-11-9-7-2/h19,21,25,27,31,33,74,78H,6-18,20,22-24,26,28-30,32,34-73H2,1-5H3/b21-19-,27-25-,33-31-. The van der Waals surface area contributed by atoms with Crippen molar-refractivity contribution in [2.45, 2.75) is 399 Å². The minimum atomic E-state index is -1.62. The van der Waals surface area contributed by atoms with E-state index in [0.717, 1.165) is 44.9 Å². The molecule has 0 saturated heterocycles. The largest absolute Gasteiger partial charge is 0.545 e. The molecule has 0 aromatic carbocycles. The minimum absolute atomic E-state index is 0.150. The van der Waals surface area contributed by atoms with Gasteiger partial charge in [-0.15, -0.1) is 0 Å². The molecule has 0 rings (SSSR count). The predicted octanol–water partition coefficient (Wildman–Crippen LogP) is 22.6. The molecule has 0 aliphatic rings. The number of ether oxygens (including phenoxy) is 4. The van der Waals surface area contributed by atoms with Gasteiger partial charge in [0.25, 0.3) is 0 Å². The predicted molar refractivity (Wildman–Crippen MR) is 371 cm³/mol. The number of carboxylic acids is 1. The Labute approximate surface area is 540 Å². The van der Waals surface area contributed by atoms with E-state index in [2.05, 4.69) is 50.3 Å². The van der Waals surface area contributed by atoms with Crippen LogP contribution in [0.1, 0.15) is 386 Å². The van der Waals surface area contributed by atoms with Crippen LogP contribution >= 0.6 is 0 Å². The molecule has 0 heterocycles. The first-order valence-electron chi connectivity index (χ1n) is 38.1. The van der Waals surface area contributed by atoms with Gasteiger partial charge in [0.2, 0.25) is 0 Å². The molecule has 9 nitrogen and oxygen atoms in total. The van der Waals surface area contributed by atoms with Gasteiger partial charge >= 0.3 is 11.9 Å². The fraction of sp³-hybridized carbons (Fsp3) is 0.885. The lowest BCUT2D eigenvalue weighted by atomic mass is 10.0. The van der Waals surface area contributed by atoms with E-state index in [0.29, 0.717) is 23.9 Å². The lowest BCUT2D eigenvalue weighted by Crippen LogP contribution is -2.44. The summed E-state index contributed by atoms with van der Waals surface area (Å²) in [6.07, 6.45) is 85.4. The zero-order chi connectivity index (χ0) is 63.3. The topological polar surface area (TPSA) is 111 Å². The summed E-state index contributed by atoms with van der Waals surface area (Å²) >= 11 is 0. The van der Waals surface area contributed by atoms with E-state index in [9.17, 15) is 19.5 Å². The Bertz CT molecular complexity index is 1520. The van der Waals surface area contributed by atoms with Crippen LogP contribution < -0.4 is 5.11 Å². The van der Waals surface area contributed by atoms with Gasteiger partial charge in [-0.2, -0.15) is 0 Å². The van der Waals surface area contributed by atoms with Crippen molar-refractivity contribution in [3.05, 3.63) is 36.5 Å². The van der Waals surface area contributed by atoms with Gasteiger partial charge in [-0.25, -0.2) is 0 Å². The number of carbonyl (C=O) groups excluding carboxylic acids is 3. The van der Waals surface area contributed by atoms with E-state index in [-0.39, 0.29) is 32.2 Å². The summed E-state index contributed by atoms with van der Waals surface area (Å²) < 4.78 is 22.9. The maximum atomic E-state index is 13.0. The number of hydrogen-bond acceptors (Lipinski definition) is 8. The zero-order valence-corrected chi connectivity index (χ0v) is 58.7. The molecule has 9 heteroatoms. The van der Waals surface area contributed by atoms with Crippen molar-refractivity contribution in [2.75, 3.05) is 47.5 Å². The van der Waals surface area contributed by atoms with Crippen molar-refractivity contribution < 1.29 is 42.9 Å². The average molecular weight is 1230 g/mol. The molecule has 0 N–H and O–H groups in total. The van der Waals surface area contributed by atoms with Crippen LogP contribution in [0.5, 0.6) is 0 Å². The molecule has 0 spiro atoms. The lowest BCUT2D eigenvalue weighted by Gasteiger charge is -2.26. The van der Waals surface area contributed by atoms with E-state index in [1.165, 1.54) is 308 Å². The molecule has 87 heavy (non-hydrogen) atoms. The molecule has 0 aliphatic heterocycles. The molecule has 0 aromatic heterocycles. The third-order valence-electron chi connectivity index (χ3n) is 17.4. The first kappa shape index (κ1) is 84.5. The summed E-state index contributed by atoms with van der Waals surface area (Å²) in [6, 6.07) is 0. The zero-order valence-electron chi connectivity index (χ0n) is 58.7. The highest BCUT2D eigenvalue weighted by molar-refractivity contribution is 5.70. The summed E-state index contributed by atoms with van der Waals surface area (Å²) in [5.74, 6) is -2.25. The Morgan fingerprint density at radius 1 is 0.345 bits per heavy atom. The lowest BCUT2D eigenvalue weighted by molar-refractivity contribution is -0.870. The van der Waals surface area contributed by atoms with Crippen LogP contribution in [0.4, 0.5) is 0 Å². The third-order valence-corrected chi connectivity index (χ3v) is 17.4. The van der Waals surface area contributed by atoms with Crippen LogP contribution in [0.3, 0.4) is 0 Å². The number of quaternary nitrogens is 1. The third kappa shape index (κ3) is 70.8. The van der Waals surface area contributed by atoms with Crippen LogP contribution in [0, 0.1) is 0 Å². The molecule has 0 aliphatic carbocycles. The highest BCUT2D eigenvalue weighted by atomic mass is 16.7. The van der Waals surface area contributed by atoms with E-state index in [1.54, 1.807) is 0 Å². The van der Waals surface area contributed by atoms with Gasteiger partial charge in [0.1, 0.15) is 13.2 Å². The first-order valence-corrected chi connectivity index (χ1v) is 38.1. The van der Waals surface area contributed by atoms with Crippen molar-refractivity contribution in [2.24, 2.45) is 0 Å². The molecule has 512 valence electrons. The second-order valence-corrected chi connectivity index (χ2v) is 27.3. The van der Waals surface area contributed by atoms with Crippen LogP contribution in [-0.4, -0.2) is 82.3 Å². The van der Waals surface area contributed by atoms with Gasteiger partial charge in [-0.3, -0.25) is 9.59 Å². The molecule has 0 bridgehead atoms. The van der Waals surface area contributed by atoms with Gasteiger partial charge in [0.05, 0.1) is 40.3 Å². The van der Waals surface area contributed by atoms with E-state index in [4.69, 9.17) is 18.9 Å². The van der Waals surface area contributed by atoms with Crippen LogP contribution in [0.15, 0.2) is 36.5 Å². The fourth-order valence-corrected chi connectivity index (χ4v) is 11.6. The second kappa shape index (κ2) is 69.4. The van der Waals surface area contributed by atoms with E-state index < -0.39 is 24.3 Å². The van der Waals surface area contributed by atoms with Gasteiger partial charge in [-0.1, -0.05) is 359 Å². The molecular weight excluding hydrogens is 1080 g/mol. The van der Waals surface area contributed by atoms with Gasteiger partial charge in [0, 0.05) is 12.8 Å². The van der Waals surface area contributed by atoms with E-state index in [1.807, 2.05) is 21.1 Å². The Morgan fingerprint density at radius 3 is 0.920 bits per heavy atom. The number of aliphatic carboxylic acids is 1. The maximum Gasteiger partial charge on any atom is 0.306 e. The normalized spacial score (nSPS) is 12.8. The Hall–Kier alpha value is -2.49. The molecule has 0 saturated carbocycles. The summed E-state index contributed by atoms with van der Waals surface area (Å²) in [7, 11) is 5.95. The molecule has 2 unspecified atom stereocenters. The highest BCUT2D eigenvalue weighted by Crippen LogP contribution is 2.19. The smallest absolute Gasteiger partial charge is 0.306 e. The van der Waals surface area contributed by atoms with Crippen molar-refractivity contribution in [1.29, 1.82) is 0 Å². The van der Waals surface area contributed by atoms with E-state index >= 15 is 0 Å². The van der Waals surface area contributed by atoms with Crippen LogP contribution in [0.2, 0.25) is 0 Å². The van der Waals surface area contributed by atoms with Crippen molar-refractivity contribution in [3.63, 3.8) is 0 Å². The Kier molecular flexibility index (Phi) is 67.4. The minimum Gasteiger partial charge on any atom is -0.545 e. The van der Waals surface area contributed by atoms with Gasteiger partial charge < -0.3 is 33.3 Å². The summed E-state index contributed by atoms with van der Waals surface area (Å²) in [5, 5.41) is 11.8. The SMILES string of the molecule is CCCCCCC/C=C\C/C=C\C/C=C\CCCCCCCCCCCCCCCCCCC(=O)OC(COC(=O)CCCCCCCCCCCCCCCCCCCCCCCCCCCCCCCCC)COC(OCC[N+](C)(C)C)C(=O)[O-]. The van der Waals surface area contributed by atoms with Crippen LogP contribution in [0.25, 0.3) is 0 Å². The van der Waals surface area contributed by atoms with Crippen molar-refractivity contribution in [1.82, 2.24) is 0 Å². The van der Waals surface area contributed by atoms with Crippen molar-refractivity contribution in [3.8, 4) is 0 Å². The average Bonchev–Trinajstić information content (AvgIpc) is 3.56. The number of esters is 2. The fourth-order valence-electron chi connectivity index (χ4n) is 11.6. The van der Waals surface area contributed by atoms with Gasteiger partial charge in [0.15, 0.2) is 12.4 Å². The second-order valence-electron chi connectivity index (χ2n) is 27.3. The maximum absolute atomic E-state index is 13.0. The number of likely N-dealkylation sites (N-methyl/N-ethyl adjacent to an activating group) is 1. The summed E-state index contributed by atoms with van der Waals surface area (Å²) in [5.41, 5.74) is 0. The molecule has 0 aromatic rings. The van der Waals surface area contributed by atoms with Crippen LogP contribution in [-0.2, 0) is 33.3 Å². The molecular formula is C78H147NO8. The molecule has 0 radical (unpaired) electrons. The Morgan fingerprint density at radius 2 is 0.621 bits per heavy atom. The number of unbranched alkanes of at least 4 members (excludes halogenated alkanes) is 51. The number of allylic oxidation sites excluding steroid dienone is 6.